The predicted molar refractivity (Wildman–Crippen MR) is 72.2 cm³/mol. The Balaban J connectivity index is 1.64. The highest BCUT2D eigenvalue weighted by atomic mass is 16.1. The monoisotopic (exact) mass is 258 g/mol. The first-order valence-electron chi connectivity index (χ1n) is 8.01. The van der Waals surface area contributed by atoms with E-state index in [1.54, 1.807) is 5.57 Å². The van der Waals surface area contributed by atoms with Crippen LogP contribution >= 0.6 is 0 Å². The fourth-order valence-electron chi connectivity index (χ4n) is 6.04. The third-order valence-corrected chi connectivity index (χ3v) is 6.57. The Morgan fingerprint density at radius 3 is 2.95 bits per heavy atom. The second-order valence-corrected chi connectivity index (χ2v) is 7.53. The van der Waals surface area contributed by atoms with Crippen LogP contribution in [0.3, 0.4) is 0 Å². The lowest BCUT2D eigenvalue weighted by molar-refractivity contribution is -0.121. The Morgan fingerprint density at radius 1 is 1.16 bits per heavy atom. The summed E-state index contributed by atoms with van der Waals surface area (Å²) in [4.78, 5) is 14.6. The number of carbonyl (C=O) groups excluding carboxylic acids is 1. The number of carbonyl (C=O) groups is 1. The van der Waals surface area contributed by atoms with Gasteiger partial charge in [-0.1, -0.05) is 6.92 Å². The molecule has 7 unspecified atom stereocenters. The van der Waals surface area contributed by atoms with Crippen molar-refractivity contribution in [1.82, 2.24) is 10.2 Å². The van der Waals surface area contributed by atoms with Crippen LogP contribution in [0.25, 0.3) is 0 Å². The van der Waals surface area contributed by atoms with E-state index in [9.17, 15) is 4.79 Å². The van der Waals surface area contributed by atoms with Crippen molar-refractivity contribution >= 4 is 5.91 Å². The van der Waals surface area contributed by atoms with E-state index in [0.717, 1.165) is 42.6 Å². The number of amides is 1. The highest BCUT2D eigenvalue weighted by molar-refractivity contribution is 5.80. The molecule has 3 heteroatoms. The summed E-state index contributed by atoms with van der Waals surface area (Å²) in [5.74, 6) is 3.63. The van der Waals surface area contributed by atoms with Crippen molar-refractivity contribution in [3.63, 3.8) is 0 Å². The second-order valence-electron chi connectivity index (χ2n) is 7.53. The van der Waals surface area contributed by atoms with Crippen molar-refractivity contribution in [1.29, 1.82) is 0 Å². The van der Waals surface area contributed by atoms with Crippen molar-refractivity contribution in [3.05, 3.63) is 11.3 Å². The average Bonchev–Trinajstić information content (AvgIpc) is 2.56. The molecule has 0 aromatic carbocycles. The minimum Gasteiger partial charge on any atom is -0.328 e. The molecule has 5 aliphatic rings. The Hall–Kier alpha value is -0.830. The van der Waals surface area contributed by atoms with Gasteiger partial charge in [0.25, 0.3) is 0 Å². The lowest BCUT2D eigenvalue weighted by Gasteiger charge is -2.46. The first-order valence-corrected chi connectivity index (χ1v) is 8.01. The van der Waals surface area contributed by atoms with E-state index in [0.29, 0.717) is 6.04 Å². The Bertz CT molecular complexity index is 497. The van der Waals surface area contributed by atoms with Crippen LogP contribution in [0.4, 0.5) is 0 Å². The Morgan fingerprint density at radius 2 is 2.05 bits per heavy atom. The molecule has 1 aliphatic carbocycles. The van der Waals surface area contributed by atoms with Gasteiger partial charge in [-0.15, -0.1) is 0 Å². The lowest BCUT2D eigenvalue weighted by atomic mass is 9.70. The normalized spacial score (nSPS) is 54.2. The molecular formula is C16H22N2O. The van der Waals surface area contributed by atoms with Gasteiger partial charge in [0.15, 0.2) is 0 Å². The number of nitrogens with one attached hydrogen (secondary N) is 1. The largest absolute Gasteiger partial charge is 0.328 e. The summed E-state index contributed by atoms with van der Waals surface area (Å²) in [5, 5.41) is 3.27. The minimum absolute atomic E-state index is 0.257. The molecular weight excluding hydrogens is 236 g/mol. The molecule has 0 spiro atoms. The molecule has 4 aliphatic heterocycles. The molecule has 0 aromatic heterocycles. The van der Waals surface area contributed by atoms with E-state index in [-0.39, 0.29) is 5.91 Å². The van der Waals surface area contributed by atoms with Crippen molar-refractivity contribution in [2.45, 2.75) is 51.1 Å². The standard InChI is InChI=1S/C16H22N2O/c1-8-4-12-11-6-9-7-18(13(11)5-8)16(12)15-10(9)2-3-14(19)17-15/h8-9,11-13,16H,2-7H2,1H3,(H,17,19). The zero-order valence-corrected chi connectivity index (χ0v) is 11.6. The van der Waals surface area contributed by atoms with E-state index in [4.69, 9.17) is 0 Å². The van der Waals surface area contributed by atoms with Gasteiger partial charge >= 0.3 is 0 Å². The summed E-state index contributed by atoms with van der Waals surface area (Å²) in [5.41, 5.74) is 2.98. The molecule has 19 heavy (non-hydrogen) atoms. The van der Waals surface area contributed by atoms with Crippen LogP contribution in [0.5, 0.6) is 0 Å². The summed E-state index contributed by atoms with van der Waals surface area (Å²) >= 11 is 0. The molecule has 0 radical (unpaired) electrons. The molecule has 1 amide bonds. The van der Waals surface area contributed by atoms with Crippen LogP contribution in [0.2, 0.25) is 0 Å². The molecule has 3 fully saturated rings. The first-order chi connectivity index (χ1) is 9.22. The fraction of sp³-hybridized carbons (Fsp3) is 0.812. The molecule has 2 saturated heterocycles. The van der Waals surface area contributed by atoms with Gasteiger partial charge < -0.3 is 5.32 Å². The number of piperidine rings is 1. The van der Waals surface area contributed by atoms with E-state index < -0.39 is 0 Å². The van der Waals surface area contributed by atoms with Gasteiger partial charge in [-0.05, 0) is 54.9 Å². The minimum atomic E-state index is 0.257. The molecule has 3 nitrogen and oxygen atoms in total. The lowest BCUT2D eigenvalue weighted by Crippen LogP contribution is -2.53. The molecule has 5 bridgehead atoms. The molecule has 1 saturated carbocycles. The molecule has 1 N–H and O–H groups in total. The average molecular weight is 258 g/mol. The van der Waals surface area contributed by atoms with Gasteiger partial charge in [-0.3, -0.25) is 9.69 Å². The van der Waals surface area contributed by atoms with E-state index in [1.165, 1.54) is 31.5 Å². The topological polar surface area (TPSA) is 32.3 Å². The van der Waals surface area contributed by atoms with Gasteiger partial charge in [-0.2, -0.15) is 0 Å². The van der Waals surface area contributed by atoms with Crippen LogP contribution in [-0.2, 0) is 4.79 Å². The van der Waals surface area contributed by atoms with E-state index in [2.05, 4.69) is 17.1 Å². The van der Waals surface area contributed by atoms with Crippen LogP contribution < -0.4 is 5.32 Å². The number of hydrogen-bond donors (Lipinski definition) is 1. The summed E-state index contributed by atoms with van der Waals surface area (Å²) in [6.45, 7) is 3.70. The predicted octanol–water partition coefficient (Wildman–Crippen LogP) is 1.90. The third kappa shape index (κ3) is 1.25. The Kier molecular flexibility index (Phi) is 1.97. The van der Waals surface area contributed by atoms with Gasteiger partial charge in [0.05, 0.1) is 6.04 Å². The smallest absolute Gasteiger partial charge is 0.224 e. The number of nitrogens with zero attached hydrogens (tertiary/aromatic N) is 1. The van der Waals surface area contributed by atoms with Gasteiger partial charge in [-0.25, -0.2) is 0 Å². The summed E-state index contributed by atoms with van der Waals surface area (Å²) in [7, 11) is 0. The maximum absolute atomic E-state index is 11.8. The molecule has 102 valence electrons. The van der Waals surface area contributed by atoms with E-state index >= 15 is 0 Å². The summed E-state index contributed by atoms with van der Waals surface area (Å²) in [6, 6.07) is 1.39. The summed E-state index contributed by atoms with van der Waals surface area (Å²) < 4.78 is 0. The summed E-state index contributed by atoms with van der Waals surface area (Å²) in [6.07, 6.45) is 5.93. The van der Waals surface area contributed by atoms with Crippen molar-refractivity contribution in [2.24, 2.45) is 23.7 Å². The zero-order valence-electron chi connectivity index (χ0n) is 11.6. The fourth-order valence-corrected chi connectivity index (χ4v) is 6.04. The molecule has 0 aromatic rings. The quantitative estimate of drug-likeness (QED) is 0.720. The second kappa shape index (κ2) is 3.43. The highest BCUT2D eigenvalue weighted by Gasteiger charge is 2.60. The van der Waals surface area contributed by atoms with Gasteiger partial charge in [0.2, 0.25) is 5.91 Å². The van der Waals surface area contributed by atoms with Crippen molar-refractivity contribution < 1.29 is 4.79 Å². The first kappa shape index (κ1) is 10.9. The molecule has 7 atom stereocenters. The SMILES string of the molecule is CC1CC2C3CC4CN(C3C1)C2C1=C4CCC(=O)N1. The maximum atomic E-state index is 11.8. The molecule has 5 rings (SSSR count). The third-order valence-electron chi connectivity index (χ3n) is 6.57. The number of rotatable bonds is 0. The maximum Gasteiger partial charge on any atom is 0.224 e. The Labute approximate surface area is 114 Å². The van der Waals surface area contributed by atoms with Crippen LogP contribution in [0.15, 0.2) is 11.3 Å². The van der Waals surface area contributed by atoms with E-state index in [1.807, 2.05) is 0 Å². The molecule has 4 heterocycles. The highest BCUT2D eigenvalue weighted by Crippen LogP contribution is 2.58. The number of fused-ring (bicyclic) bond motifs is 4. The van der Waals surface area contributed by atoms with Gasteiger partial charge in [0, 0.05) is 24.7 Å². The van der Waals surface area contributed by atoms with Crippen LogP contribution in [0.1, 0.15) is 39.0 Å². The number of hydrogen-bond acceptors (Lipinski definition) is 2. The van der Waals surface area contributed by atoms with Crippen LogP contribution in [-0.4, -0.2) is 29.4 Å². The zero-order chi connectivity index (χ0) is 12.7. The van der Waals surface area contributed by atoms with Crippen molar-refractivity contribution in [2.75, 3.05) is 6.54 Å². The van der Waals surface area contributed by atoms with Crippen molar-refractivity contribution in [3.8, 4) is 0 Å². The van der Waals surface area contributed by atoms with Gasteiger partial charge in [0.1, 0.15) is 0 Å². The van der Waals surface area contributed by atoms with Crippen LogP contribution in [0, 0.1) is 23.7 Å².